The minimum atomic E-state index is 0.135. The maximum absolute atomic E-state index is 6.55. The van der Waals surface area contributed by atoms with Gasteiger partial charge in [-0.25, -0.2) is 5.84 Å². The molecular formula is C25H34N4O2. The normalized spacial score (nSPS) is 17.5. The Kier molecular flexibility index (Phi) is 7.33. The van der Waals surface area contributed by atoms with Crippen molar-refractivity contribution in [2.24, 2.45) is 11.6 Å². The van der Waals surface area contributed by atoms with Gasteiger partial charge in [0.2, 0.25) is 0 Å². The number of hydrogen-bond acceptors (Lipinski definition) is 6. The molecule has 4 N–H and O–H groups in total. The zero-order valence-electron chi connectivity index (χ0n) is 18.2. The van der Waals surface area contributed by atoms with Crippen LogP contribution >= 0.6 is 0 Å². The summed E-state index contributed by atoms with van der Waals surface area (Å²) in [6.07, 6.45) is 6.97. The molecule has 0 bridgehead atoms. The topological polar surface area (TPSA) is 77.0 Å². The number of rotatable bonds is 9. The van der Waals surface area contributed by atoms with Gasteiger partial charge in [0.05, 0.1) is 6.04 Å². The van der Waals surface area contributed by atoms with E-state index in [0.29, 0.717) is 13.2 Å². The van der Waals surface area contributed by atoms with Crippen molar-refractivity contribution in [3.63, 3.8) is 0 Å². The van der Waals surface area contributed by atoms with E-state index >= 15 is 0 Å². The van der Waals surface area contributed by atoms with Crippen molar-refractivity contribution >= 4 is 0 Å². The second-order valence-corrected chi connectivity index (χ2v) is 8.48. The third-order valence-electron chi connectivity index (χ3n) is 6.03. The van der Waals surface area contributed by atoms with Crippen LogP contribution in [0.4, 0.5) is 0 Å². The van der Waals surface area contributed by atoms with Crippen molar-refractivity contribution in [3.8, 4) is 11.5 Å². The fourth-order valence-corrected chi connectivity index (χ4v) is 4.31. The van der Waals surface area contributed by atoms with Crippen molar-refractivity contribution < 1.29 is 9.47 Å². The average molecular weight is 423 g/mol. The maximum Gasteiger partial charge on any atom is 0.161 e. The molecule has 2 aliphatic heterocycles. The Bertz CT molecular complexity index is 865. The van der Waals surface area contributed by atoms with Crippen LogP contribution in [0.5, 0.6) is 11.5 Å². The molecule has 6 nitrogen and oxygen atoms in total. The molecule has 1 unspecified atom stereocenters. The predicted octanol–water partition coefficient (Wildman–Crippen LogP) is 3.07. The zero-order chi connectivity index (χ0) is 21.5. The lowest BCUT2D eigenvalue weighted by molar-refractivity contribution is 0.171. The van der Waals surface area contributed by atoms with E-state index in [0.717, 1.165) is 56.1 Å². The standard InChI is InChI=1S/C25H34N4O2/c26-22(10-8-20-6-2-1-3-7-20)18-29(27)23(19-28-12-4-5-13-28)16-21-9-11-24-25(17-21)31-15-14-30-24/h1-3,6-7,9,11,17-18,23H,4-5,8,10,12-16,19,26-27H2/b22-18-. The van der Waals surface area contributed by atoms with Crippen LogP contribution in [0.25, 0.3) is 0 Å². The molecule has 31 heavy (non-hydrogen) atoms. The molecule has 0 spiro atoms. The highest BCUT2D eigenvalue weighted by Gasteiger charge is 2.22. The van der Waals surface area contributed by atoms with E-state index in [1.807, 2.05) is 23.3 Å². The summed E-state index contributed by atoms with van der Waals surface area (Å²) in [5.41, 5.74) is 9.63. The molecule has 1 atom stereocenters. The second kappa shape index (κ2) is 10.6. The minimum Gasteiger partial charge on any atom is -0.486 e. The molecule has 0 saturated carbocycles. The van der Waals surface area contributed by atoms with Crippen LogP contribution in [0.15, 0.2) is 60.4 Å². The maximum atomic E-state index is 6.55. The molecular weight excluding hydrogens is 388 g/mol. The molecule has 0 amide bonds. The van der Waals surface area contributed by atoms with Crippen molar-refractivity contribution in [1.82, 2.24) is 9.91 Å². The van der Waals surface area contributed by atoms with Gasteiger partial charge in [0.15, 0.2) is 11.5 Å². The third kappa shape index (κ3) is 6.15. The van der Waals surface area contributed by atoms with Gasteiger partial charge in [0, 0.05) is 18.4 Å². The molecule has 0 aliphatic carbocycles. The average Bonchev–Trinajstić information content (AvgIpc) is 3.31. The summed E-state index contributed by atoms with van der Waals surface area (Å²) in [6, 6.07) is 16.7. The van der Waals surface area contributed by atoms with E-state index in [-0.39, 0.29) is 6.04 Å². The first-order chi connectivity index (χ1) is 15.2. The summed E-state index contributed by atoms with van der Waals surface area (Å²) in [6.45, 7) is 4.40. The Morgan fingerprint density at radius 1 is 1.00 bits per heavy atom. The van der Waals surface area contributed by atoms with Gasteiger partial charge in [-0.2, -0.15) is 0 Å². The lowest BCUT2D eigenvalue weighted by Gasteiger charge is -2.31. The van der Waals surface area contributed by atoms with Gasteiger partial charge >= 0.3 is 0 Å². The fourth-order valence-electron chi connectivity index (χ4n) is 4.31. The third-order valence-corrected chi connectivity index (χ3v) is 6.03. The SMILES string of the molecule is N/C(=C\N(N)C(Cc1ccc2c(c1)OCCO2)CN1CCCC1)CCc1ccccc1. The van der Waals surface area contributed by atoms with Gasteiger partial charge in [-0.3, -0.25) is 0 Å². The van der Waals surface area contributed by atoms with Gasteiger partial charge in [0.25, 0.3) is 0 Å². The van der Waals surface area contributed by atoms with Crippen molar-refractivity contribution in [2.75, 3.05) is 32.8 Å². The Hall–Kier alpha value is -2.70. The van der Waals surface area contributed by atoms with E-state index < -0.39 is 0 Å². The molecule has 4 rings (SSSR count). The van der Waals surface area contributed by atoms with Gasteiger partial charge in [-0.1, -0.05) is 36.4 Å². The fraction of sp³-hybridized carbons (Fsp3) is 0.440. The summed E-state index contributed by atoms with van der Waals surface area (Å²) in [5.74, 6) is 8.19. The number of nitrogens with two attached hydrogens (primary N) is 2. The van der Waals surface area contributed by atoms with E-state index in [2.05, 4.69) is 41.3 Å². The molecule has 166 valence electrons. The summed E-state index contributed by atoms with van der Waals surface area (Å²) in [4.78, 5) is 2.50. The van der Waals surface area contributed by atoms with Crippen LogP contribution in [0.3, 0.4) is 0 Å². The van der Waals surface area contributed by atoms with Crippen LogP contribution in [0.1, 0.15) is 30.4 Å². The first kappa shape index (κ1) is 21.5. The molecule has 2 heterocycles. The van der Waals surface area contributed by atoms with Crippen LogP contribution in [-0.2, 0) is 12.8 Å². The van der Waals surface area contributed by atoms with Crippen LogP contribution < -0.4 is 21.1 Å². The largest absolute Gasteiger partial charge is 0.486 e. The number of allylic oxidation sites excluding steroid dienone is 1. The molecule has 1 saturated heterocycles. The summed E-state index contributed by atoms with van der Waals surface area (Å²) in [5, 5.41) is 1.81. The van der Waals surface area contributed by atoms with Gasteiger partial charge < -0.3 is 25.1 Å². The molecule has 0 radical (unpaired) electrons. The number of nitrogens with zero attached hydrogens (tertiary/aromatic N) is 2. The number of ether oxygens (including phenoxy) is 2. The van der Waals surface area contributed by atoms with E-state index in [1.165, 1.54) is 24.0 Å². The highest BCUT2D eigenvalue weighted by Crippen LogP contribution is 2.31. The molecule has 1 fully saturated rings. The van der Waals surface area contributed by atoms with E-state index in [1.54, 1.807) is 0 Å². The summed E-state index contributed by atoms with van der Waals surface area (Å²) < 4.78 is 11.4. The highest BCUT2D eigenvalue weighted by atomic mass is 16.6. The number of aryl methyl sites for hydroxylation is 1. The van der Waals surface area contributed by atoms with Gasteiger partial charge in [-0.15, -0.1) is 0 Å². The number of fused-ring (bicyclic) bond motifs is 1. The number of hydrogen-bond donors (Lipinski definition) is 2. The number of hydrazine groups is 1. The molecule has 2 aliphatic rings. The number of likely N-dealkylation sites (tertiary alicyclic amines) is 1. The first-order valence-electron chi connectivity index (χ1n) is 11.3. The summed E-state index contributed by atoms with van der Waals surface area (Å²) >= 11 is 0. The van der Waals surface area contributed by atoms with Gasteiger partial charge in [-0.05, 0) is 68.5 Å². The van der Waals surface area contributed by atoms with Crippen LogP contribution in [0.2, 0.25) is 0 Å². The lowest BCUT2D eigenvalue weighted by Crippen LogP contribution is -2.46. The van der Waals surface area contributed by atoms with Crippen LogP contribution in [0, 0.1) is 0 Å². The zero-order valence-corrected chi connectivity index (χ0v) is 18.2. The second-order valence-electron chi connectivity index (χ2n) is 8.48. The molecule has 0 aromatic heterocycles. The summed E-state index contributed by atoms with van der Waals surface area (Å²) in [7, 11) is 0. The molecule has 6 heteroatoms. The Morgan fingerprint density at radius 2 is 1.74 bits per heavy atom. The van der Waals surface area contributed by atoms with Gasteiger partial charge in [0.1, 0.15) is 13.2 Å². The van der Waals surface area contributed by atoms with Crippen molar-refractivity contribution in [2.45, 2.75) is 38.1 Å². The van der Waals surface area contributed by atoms with E-state index in [4.69, 9.17) is 21.1 Å². The van der Waals surface area contributed by atoms with Crippen molar-refractivity contribution in [1.29, 1.82) is 0 Å². The highest BCUT2D eigenvalue weighted by molar-refractivity contribution is 5.44. The molecule has 2 aromatic carbocycles. The monoisotopic (exact) mass is 422 g/mol. The quantitative estimate of drug-likeness (QED) is 0.478. The van der Waals surface area contributed by atoms with E-state index in [9.17, 15) is 0 Å². The number of benzene rings is 2. The van der Waals surface area contributed by atoms with Crippen molar-refractivity contribution in [3.05, 3.63) is 71.6 Å². The molecule has 2 aromatic rings. The smallest absolute Gasteiger partial charge is 0.161 e. The predicted molar refractivity (Wildman–Crippen MR) is 124 cm³/mol. The van der Waals surface area contributed by atoms with Crippen LogP contribution in [-0.4, -0.2) is 48.8 Å². The Labute approximate surface area is 185 Å². The minimum absolute atomic E-state index is 0.135. The lowest BCUT2D eigenvalue weighted by atomic mass is 10.0. The Morgan fingerprint density at radius 3 is 2.52 bits per heavy atom. The Balaban J connectivity index is 1.43. The first-order valence-corrected chi connectivity index (χ1v) is 11.3.